The van der Waals surface area contributed by atoms with E-state index in [4.69, 9.17) is 0 Å². The summed E-state index contributed by atoms with van der Waals surface area (Å²) in [4.78, 5) is 34.0. The molecule has 0 bridgehead atoms. The van der Waals surface area contributed by atoms with Gasteiger partial charge in [0.15, 0.2) is 5.78 Å². The molecule has 2 aliphatic rings. The first-order chi connectivity index (χ1) is 18.5. The molecular weight excluding hydrogens is 474 g/mol. The van der Waals surface area contributed by atoms with E-state index in [1.807, 2.05) is 0 Å². The van der Waals surface area contributed by atoms with Crippen LogP contribution >= 0.6 is 0 Å². The van der Waals surface area contributed by atoms with E-state index in [0.29, 0.717) is 24.1 Å². The average Bonchev–Trinajstić information content (AvgIpc) is 3.57. The lowest BCUT2D eigenvalue weighted by molar-refractivity contribution is 0.0947. The van der Waals surface area contributed by atoms with Crippen LogP contribution in [0.3, 0.4) is 0 Å². The van der Waals surface area contributed by atoms with Gasteiger partial charge in [-0.1, -0.05) is 43.3 Å². The molecule has 38 heavy (non-hydrogen) atoms. The number of ketones is 1. The van der Waals surface area contributed by atoms with E-state index in [1.54, 1.807) is 24.3 Å². The Labute approximate surface area is 227 Å². The van der Waals surface area contributed by atoms with Gasteiger partial charge < -0.3 is 24.9 Å². The normalized spacial score (nSPS) is 14.6. The molecule has 0 radical (unpaired) electrons. The Morgan fingerprint density at radius 2 is 1.37 bits per heavy atom. The van der Waals surface area contributed by atoms with E-state index in [-0.39, 0.29) is 11.7 Å². The highest BCUT2D eigenvalue weighted by molar-refractivity contribution is 5.98. The van der Waals surface area contributed by atoms with Crippen LogP contribution in [0.4, 0.5) is 0 Å². The molecule has 1 amide bonds. The number of carbonyl (C=O) groups excluding carboxylic acids is 2. The van der Waals surface area contributed by atoms with Crippen molar-refractivity contribution in [2.75, 3.05) is 40.0 Å². The molecule has 0 aromatic heterocycles. The molecule has 202 valence electrons. The summed E-state index contributed by atoms with van der Waals surface area (Å²) >= 11 is 0. The highest BCUT2D eigenvalue weighted by Gasteiger charge is 2.13. The zero-order chi connectivity index (χ0) is 26.7. The van der Waals surface area contributed by atoms with Crippen LogP contribution in [0, 0.1) is 0 Å². The lowest BCUT2D eigenvalue weighted by Gasteiger charge is -2.21. The number of benzene rings is 2. The third-order valence-electron chi connectivity index (χ3n) is 7.08. The number of carbonyl (C=O) groups is 2. The van der Waals surface area contributed by atoms with Gasteiger partial charge in [0, 0.05) is 75.6 Å². The number of hydrogen-bond donors (Lipinski definition) is 1. The number of unbranched alkanes of at least 4 members (excludes halogenated alkanes) is 1. The standard InChI is InChI=1S/C31H41N5O2/c1-3-26-8-10-27(11-9-26)23-36-22-21-35(25-36)18-6-16-32-31(38)29-14-12-28(13-15-29)30(37)7-4-5-17-34-20-19-33(2)24-34/h8-15,19-22H,3-7,16-18,23-25H2,1-2H3,(H,32,38). The number of aryl methyl sites for hydroxylation is 1. The maximum atomic E-state index is 12.5. The SMILES string of the molecule is CCc1ccc(CN2C=CN(CCCNC(=O)c3ccc(C(=O)CCCCN4C=CN(C)C4)cc3)C2)cc1. The lowest BCUT2D eigenvalue weighted by Crippen LogP contribution is -2.29. The third kappa shape index (κ3) is 8.13. The van der Waals surface area contributed by atoms with E-state index >= 15 is 0 Å². The van der Waals surface area contributed by atoms with Gasteiger partial charge in [-0.05, 0) is 48.9 Å². The Bertz CT molecular complexity index is 1110. The Morgan fingerprint density at radius 1 is 0.737 bits per heavy atom. The zero-order valence-electron chi connectivity index (χ0n) is 22.8. The van der Waals surface area contributed by atoms with Crippen molar-refractivity contribution >= 4 is 11.7 Å². The molecule has 7 nitrogen and oxygen atoms in total. The van der Waals surface area contributed by atoms with Crippen molar-refractivity contribution in [3.63, 3.8) is 0 Å². The van der Waals surface area contributed by atoms with E-state index < -0.39 is 0 Å². The second-order valence-electron chi connectivity index (χ2n) is 10.2. The molecule has 0 unspecified atom stereocenters. The predicted molar refractivity (Wildman–Crippen MR) is 152 cm³/mol. The van der Waals surface area contributed by atoms with Gasteiger partial charge in [-0.15, -0.1) is 0 Å². The first kappa shape index (κ1) is 27.3. The Balaban J connectivity index is 1.09. The Hall–Kier alpha value is -3.74. The van der Waals surface area contributed by atoms with E-state index in [0.717, 1.165) is 58.7 Å². The minimum Gasteiger partial charge on any atom is -0.362 e. The number of hydrogen-bond acceptors (Lipinski definition) is 6. The molecule has 0 saturated heterocycles. The number of Topliss-reactive ketones (excluding diaryl/α,β-unsaturated/α-hetero) is 1. The van der Waals surface area contributed by atoms with Crippen LogP contribution in [0.5, 0.6) is 0 Å². The van der Waals surface area contributed by atoms with Crippen LogP contribution in [0.25, 0.3) is 0 Å². The zero-order valence-corrected chi connectivity index (χ0v) is 22.8. The summed E-state index contributed by atoms with van der Waals surface area (Å²) in [7, 11) is 2.05. The maximum Gasteiger partial charge on any atom is 0.251 e. The molecule has 2 heterocycles. The monoisotopic (exact) mass is 515 g/mol. The summed E-state index contributed by atoms with van der Waals surface area (Å²) in [5.41, 5.74) is 3.95. The van der Waals surface area contributed by atoms with Gasteiger partial charge in [0.05, 0.1) is 13.3 Å². The summed E-state index contributed by atoms with van der Waals surface area (Å²) in [6, 6.07) is 15.9. The quantitative estimate of drug-likeness (QED) is 0.292. The Kier molecular flexibility index (Phi) is 9.84. The topological polar surface area (TPSA) is 59.1 Å². The molecule has 1 N–H and O–H groups in total. The van der Waals surface area contributed by atoms with Crippen molar-refractivity contribution in [3.05, 3.63) is 95.6 Å². The minimum absolute atomic E-state index is 0.0956. The first-order valence-electron chi connectivity index (χ1n) is 13.8. The molecule has 2 aliphatic heterocycles. The summed E-state index contributed by atoms with van der Waals surface area (Å²) in [5, 5.41) is 3.00. The lowest BCUT2D eigenvalue weighted by atomic mass is 10.0. The summed E-state index contributed by atoms with van der Waals surface area (Å²) < 4.78 is 0. The van der Waals surface area contributed by atoms with E-state index in [9.17, 15) is 9.59 Å². The predicted octanol–water partition coefficient (Wildman–Crippen LogP) is 4.64. The number of rotatable bonds is 14. The van der Waals surface area contributed by atoms with Crippen LogP contribution in [0.2, 0.25) is 0 Å². The summed E-state index contributed by atoms with van der Waals surface area (Å²) in [6.45, 7) is 7.33. The smallest absolute Gasteiger partial charge is 0.251 e. The summed E-state index contributed by atoms with van der Waals surface area (Å²) in [5.74, 6) is 0.0403. The third-order valence-corrected chi connectivity index (χ3v) is 7.08. The minimum atomic E-state index is -0.0956. The van der Waals surface area contributed by atoms with Gasteiger partial charge in [-0.25, -0.2) is 0 Å². The largest absolute Gasteiger partial charge is 0.362 e. The van der Waals surface area contributed by atoms with Crippen molar-refractivity contribution in [1.29, 1.82) is 0 Å². The van der Waals surface area contributed by atoms with Crippen LogP contribution in [-0.4, -0.2) is 71.3 Å². The molecule has 0 spiro atoms. The fraction of sp³-hybridized carbons (Fsp3) is 0.419. The molecular formula is C31H41N5O2. The van der Waals surface area contributed by atoms with Crippen molar-refractivity contribution in [3.8, 4) is 0 Å². The molecule has 0 fully saturated rings. The molecule has 0 aliphatic carbocycles. The van der Waals surface area contributed by atoms with Crippen molar-refractivity contribution < 1.29 is 9.59 Å². The van der Waals surface area contributed by atoms with Gasteiger partial charge in [-0.2, -0.15) is 0 Å². The van der Waals surface area contributed by atoms with Crippen molar-refractivity contribution in [2.24, 2.45) is 0 Å². The van der Waals surface area contributed by atoms with Gasteiger partial charge in [-0.3, -0.25) is 9.59 Å². The molecule has 0 atom stereocenters. The fourth-order valence-electron chi connectivity index (χ4n) is 4.75. The van der Waals surface area contributed by atoms with Crippen LogP contribution in [0.1, 0.15) is 64.4 Å². The maximum absolute atomic E-state index is 12.5. The highest BCUT2D eigenvalue weighted by Crippen LogP contribution is 2.14. The van der Waals surface area contributed by atoms with Crippen LogP contribution < -0.4 is 5.32 Å². The van der Waals surface area contributed by atoms with Gasteiger partial charge >= 0.3 is 0 Å². The molecule has 4 rings (SSSR count). The Morgan fingerprint density at radius 3 is 2.08 bits per heavy atom. The molecule has 2 aromatic carbocycles. The van der Waals surface area contributed by atoms with Crippen molar-refractivity contribution in [2.45, 2.75) is 45.6 Å². The van der Waals surface area contributed by atoms with E-state index in [1.165, 1.54) is 11.1 Å². The van der Waals surface area contributed by atoms with E-state index in [2.05, 4.69) is 88.0 Å². The first-order valence-corrected chi connectivity index (χ1v) is 13.8. The van der Waals surface area contributed by atoms with Gasteiger partial charge in [0.25, 0.3) is 5.91 Å². The number of nitrogens with one attached hydrogen (secondary N) is 1. The number of amides is 1. The van der Waals surface area contributed by atoms with Crippen molar-refractivity contribution in [1.82, 2.24) is 24.9 Å². The second kappa shape index (κ2) is 13.7. The molecule has 7 heteroatoms. The molecule has 0 saturated carbocycles. The van der Waals surface area contributed by atoms with Crippen LogP contribution in [-0.2, 0) is 13.0 Å². The fourth-order valence-corrected chi connectivity index (χ4v) is 4.75. The van der Waals surface area contributed by atoms with Crippen LogP contribution in [0.15, 0.2) is 73.3 Å². The van der Waals surface area contributed by atoms with Gasteiger partial charge in [0.1, 0.15) is 0 Å². The highest BCUT2D eigenvalue weighted by atomic mass is 16.1. The van der Waals surface area contributed by atoms with Gasteiger partial charge in [0.2, 0.25) is 0 Å². The average molecular weight is 516 g/mol. The molecule has 2 aromatic rings. The summed E-state index contributed by atoms with van der Waals surface area (Å²) in [6.07, 6.45) is 12.7. The number of nitrogens with zero attached hydrogens (tertiary/aromatic N) is 4. The second-order valence-corrected chi connectivity index (χ2v) is 10.2.